The molecule has 1 amide bonds. The molecule has 0 aliphatic carbocycles. The van der Waals surface area contributed by atoms with Crippen molar-refractivity contribution in [3.05, 3.63) is 54.1 Å². The molecule has 0 bridgehead atoms. The van der Waals surface area contributed by atoms with Crippen molar-refractivity contribution >= 4 is 11.6 Å². The summed E-state index contributed by atoms with van der Waals surface area (Å²) in [6.07, 6.45) is 2.18. The molecule has 4 rings (SSSR count). The van der Waals surface area contributed by atoms with E-state index in [0.717, 1.165) is 25.0 Å². The number of hydrogen-bond donors (Lipinski definition) is 1. The number of ether oxygens (including phenoxy) is 2. The summed E-state index contributed by atoms with van der Waals surface area (Å²) in [5.74, 6) is 0.931. The van der Waals surface area contributed by atoms with Crippen molar-refractivity contribution in [1.29, 1.82) is 0 Å². The van der Waals surface area contributed by atoms with Crippen LogP contribution in [0.5, 0.6) is 5.75 Å². The third kappa shape index (κ3) is 4.17. The predicted octanol–water partition coefficient (Wildman–Crippen LogP) is 2.69. The third-order valence-corrected chi connectivity index (χ3v) is 4.50. The number of nitrogens with one attached hydrogen (secondary N) is 1. The minimum absolute atomic E-state index is 0.117. The molecule has 0 radical (unpaired) electrons. The van der Waals surface area contributed by atoms with E-state index in [4.69, 9.17) is 9.47 Å². The summed E-state index contributed by atoms with van der Waals surface area (Å²) in [6, 6.07) is 14.5. The number of carbonyl (C=O) groups is 1. The molecule has 3 aromatic rings. The molecule has 8 heteroatoms. The zero-order valence-corrected chi connectivity index (χ0v) is 15.5. The van der Waals surface area contributed by atoms with Crippen molar-refractivity contribution < 1.29 is 14.3 Å². The van der Waals surface area contributed by atoms with Crippen LogP contribution in [-0.2, 0) is 11.8 Å². The van der Waals surface area contributed by atoms with E-state index < -0.39 is 0 Å². The molecular formula is C20H21N5O3. The van der Waals surface area contributed by atoms with Gasteiger partial charge in [0.05, 0.1) is 18.8 Å². The van der Waals surface area contributed by atoms with Crippen LogP contribution in [0.25, 0.3) is 11.4 Å². The summed E-state index contributed by atoms with van der Waals surface area (Å²) >= 11 is 0. The second kappa shape index (κ2) is 8.18. The van der Waals surface area contributed by atoms with E-state index in [1.54, 1.807) is 31.3 Å². The van der Waals surface area contributed by atoms with Gasteiger partial charge in [-0.05, 0) is 42.3 Å². The fourth-order valence-corrected chi connectivity index (χ4v) is 3.02. The van der Waals surface area contributed by atoms with E-state index in [1.807, 2.05) is 24.3 Å². The number of aromatic nitrogens is 4. The summed E-state index contributed by atoms with van der Waals surface area (Å²) in [6.45, 7) is 1.26. The topological polar surface area (TPSA) is 91.2 Å². The first kappa shape index (κ1) is 18.1. The van der Waals surface area contributed by atoms with Crippen molar-refractivity contribution in [2.75, 3.05) is 18.5 Å². The highest BCUT2D eigenvalue weighted by molar-refractivity contribution is 6.05. The molecule has 2 aromatic carbocycles. The molecule has 28 heavy (non-hydrogen) atoms. The Labute approximate surface area is 162 Å². The number of benzene rings is 2. The molecule has 1 saturated heterocycles. The first-order valence-electron chi connectivity index (χ1n) is 9.18. The van der Waals surface area contributed by atoms with E-state index >= 15 is 0 Å². The smallest absolute Gasteiger partial charge is 0.255 e. The van der Waals surface area contributed by atoms with Gasteiger partial charge in [0.1, 0.15) is 12.4 Å². The van der Waals surface area contributed by atoms with Gasteiger partial charge in [-0.1, -0.05) is 24.3 Å². The fraction of sp³-hybridized carbons (Fsp3) is 0.300. The number of rotatable bonds is 6. The lowest BCUT2D eigenvalue weighted by molar-refractivity contribution is 0.0682. The first-order valence-corrected chi connectivity index (χ1v) is 9.18. The van der Waals surface area contributed by atoms with Crippen LogP contribution in [0.4, 0.5) is 5.69 Å². The average Bonchev–Trinajstić information content (AvgIpc) is 3.39. The van der Waals surface area contributed by atoms with Gasteiger partial charge in [-0.3, -0.25) is 4.79 Å². The number of para-hydroxylation sites is 2. The highest BCUT2D eigenvalue weighted by atomic mass is 16.5. The monoisotopic (exact) mass is 379 g/mol. The van der Waals surface area contributed by atoms with Crippen LogP contribution in [0.3, 0.4) is 0 Å². The Morgan fingerprint density at radius 2 is 2.07 bits per heavy atom. The van der Waals surface area contributed by atoms with Crippen LogP contribution >= 0.6 is 0 Å². The van der Waals surface area contributed by atoms with E-state index in [-0.39, 0.29) is 12.0 Å². The van der Waals surface area contributed by atoms with Crippen molar-refractivity contribution in [3.63, 3.8) is 0 Å². The fourth-order valence-electron chi connectivity index (χ4n) is 3.02. The van der Waals surface area contributed by atoms with Crippen LogP contribution in [0.1, 0.15) is 23.2 Å². The van der Waals surface area contributed by atoms with Crippen molar-refractivity contribution in [3.8, 4) is 17.1 Å². The number of amides is 1. The van der Waals surface area contributed by atoms with E-state index in [1.165, 1.54) is 4.80 Å². The number of nitrogens with zero attached hydrogens (tertiary/aromatic N) is 4. The van der Waals surface area contributed by atoms with E-state index in [2.05, 4.69) is 20.7 Å². The molecule has 144 valence electrons. The van der Waals surface area contributed by atoms with Crippen LogP contribution in [-0.4, -0.2) is 45.4 Å². The minimum Gasteiger partial charge on any atom is -0.489 e. The second-order valence-corrected chi connectivity index (χ2v) is 6.58. The van der Waals surface area contributed by atoms with Gasteiger partial charge < -0.3 is 14.8 Å². The maximum Gasteiger partial charge on any atom is 0.255 e. The quantitative estimate of drug-likeness (QED) is 0.708. The van der Waals surface area contributed by atoms with Crippen LogP contribution in [0.15, 0.2) is 48.5 Å². The Kier molecular flexibility index (Phi) is 5.29. The lowest BCUT2D eigenvalue weighted by atomic mass is 10.1. The summed E-state index contributed by atoms with van der Waals surface area (Å²) < 4.78 is 11.5. The Bertz CT molecular complexity index is 948. The number of aryl methyl sites for hydroxylation is 1. The first-order chi connectivity index (χ1) is 13.7. The van der Waals surface area contributed by atoms with Crippen LogP contribution < -0.4 is 10.1 Å². The maximum absolute atomic E-state index is 12.6. The van der Waals surface area contributed by atoms with Crippen LogP contribution in [0.2, 0.25) is 0 Å². The van der Waals surface area contributed by atoms with Gasteiger partial charge >= 0.3 is 0 Å². The van der Waals surface area contributed by atoms with Crippen molar-refractivity contribution in [1.82, 2.24) is 20.2 Å². The van der Waals surface area contributed by atoms with Gasteiger partial charge in [0.2, 0.25) is 5.82 Å². The molecule has 1 unspecified atom stereocenters. The summed E-state index contributed by atoms with van der Waals surface area (Å²) in [5, 5.41) is 14.9. The zero-order valence-electron chi connectivity index (χ0n) is 15.5. The highest BCUT2D eigenvalue weighted by Crippen LogP contribution is 2.26. The Hall–Kier alpha value is -3.26. The van der Waals surface area contributed by atoms with E-state index in [0.29, 0.717) is 29.4 Å². The largest absolute Gasteiger partial charge is 0.489 e. The summed E-state index contributed by atoms with van der Waals surface area (Å²) in [7, 11) is 1.71. The summed E-state index contributed by atoms with van der Waals surface area (Å²) in [5.41, 5.74) is 1.96. The molecule has 0 saturated carbocycles. The van der Waals surface area contributed by atoms with E-state index in [9.17, 15) is 4.79 Å². The molecule has 0 spiro atoms. The lowest BCUT2D eigenvalue weighted by Gasteiger charge is -2.15. The Balaban J connectivity index is 1.43. The van der Waals surface area contributed by atoms with Gasteiger partial charge in [0, 0.05) is 17.7 Å². The lowest BCUT2D eigenvalue weighted by Crippen LogP contribution is -2.18. The Morgan fingerprint density at radius 1 is 1.25 bits per heavy atom. The van der Waals surface area contributed by atoms with Gasteiger partial charge in [0.15, 0.2) is 0 Å². The van der Waals surface area contributed by atoms with Crippen molar-refractivity contribution in [2.24, 2.45) is 7.05 Å². The molecule has 1 aliphatic rings. The molecule has 8 nitrogen and oxygen atoms in total. The second-order valence-electron chi connectivity index (χ2n) is 6.58. The molecule has 1 fully saturated rings. The predicted molar refractivity (Wildman–Crippen MR) is 103 cm³/mol. The molecule has 1 N–H and O–H groups in total. The molecule has 2 heterocycles. The number of carbonyl (C=O) groups excluding carboxylic acids is 1. The molecular weight excluding hydrogens is 358 g/mol. The van der Waals surface area contributed by atoms with Gasteiger partial charge in [0.25, 0.3) is 5.91 Å². The standard InChI is InChI=1S/C20H21N5O3/c1-25-23-19(22-24-25)14-8-10-15(11-9-14)20(26)21-17-6-2-3-7-18(17)28-13-16-5-4-12-27-16/h2-3,6-11,16H,4-5,12-13H2,1H3,(H,21,26). The average molecular weight is 379 g/mol. The van der Waals surface area contributed by atoms with Gasteiger partial charge in [-0.25, -0.2) is 0 Å². The Morgan fingerprint density at radius 3 is 2.79 bits per heavy atom. The SMILES string of the molecule is Cn1nnc(-c2ccc(C(=O)Nc3ccccc3OCC3CCCO3)cc2)n1. The van der Waals surface area contributed by atoms with Crippen LogP contribution in [0, 0.1) is 0 Å². The molecule has 1 aliphatic heterocycles. The zero-order chi connectivity index (χ0) is 19.3. The number of tetrazole rings is 1. The molecule has 1 aromatic heterocycles. The summed E-state index contributed by atoms with van der Waals surface area (Å²) in [4.78, 5) is 14.0. The minimum atomic E-state index is -0.216. The normalized spacial score (nSPS) is 16.1. The van der Waals surface area contributed by atoms with Gasteiger partial charge in [-0.15, -0.1) is 10.2 Å². The molecule has 1 atom stereocenters. The number of hydrogen-bond acceptors (Lipinski definition) is 6. The maximum atomic E-state index is 12.6. The number of anilines is 1. The van der Waals surface area contributed by atoms with Crippen molar-refractivity contribution in [2.45, 2.75) is 18.9 Å². The third-order valence-electron chi connectivity index (χ3n) is 4.50. The highest BCUT2D eigenvalue weighted by Gasteiger charge is 2.17. The van der Waals surface area contributed by atoms with Gasteiger partial charge in [-0.2, -0.15) is 4.80 Å².